The third kappa shape index (κ3) is 3.12. The van der Waals surface area contributed by atoms with E-state index < -0.39 is 10.8 Å². The minimum absolute atomic E-state index is 0.171. The molecule has 92 valence electrons. The fourth-order valence-corrected chi connectivity index (χ4v) is 1.57. The van der Waals surface area contributed by atoms with Gasteiger partial charge in [-0.05, 0) is 35.1 Å². The van der Waals surface area contributed by atoms with Crippen LogP contribution in [0.4, 0.5) is 0 Å². The van der Waals surface area contributed by atoms with Crippen LogP contribution in [0, 0.1) is 10.1 Å². The van der Waals surface area contributed by atoms with Crippen LogP contribution >= 0.6 is 0 Å². The van der Waals surface area contributed by atoms with Crippen LogP contribution in [0.5, 0.6) is 0 Å². The number of hydrogen-bond donors (Lipinski definition) is 0. The van der Waals surface area contributed by atoms with Gasteiger partial charge in [-0.25, -0.2) is 4.79 Å². The molecule has 0 atom stereocenters. The maximum absolute atomic E-state index is 11.4. The van der Waals surface area contributed by atoms with E-state index >= 15 is 0 Å². The van der Waals surface area contributed by atoms with Crippen molar-refractivity contribution in [3.63, 3.8) is 0 Å². The van der Waals surface area contributed by atoms with E-state index in [1.54, 1.807) is 12.1 Å². The van der Waals surface area contributed by atoms with E-state index in [-0.39, 0.29) is 17.4 Å². The Hall–Kier alpha value is -1.71. The number of hydrogen-bond acceptors (Lipinski definition) is 3. The zero-order chi connectivity index (χ0) is 13.2. The SMILES string of the molecule is CC(C)c1cc(C(=O)[N+](=O)[O-])cc(C(C)C)c1. The first-order chi connectivity index (χ1) is 7.82. The summed E-state index contributed by atoms with van der Waals surface area (Å²) < 4.78 is 0. The average Bonchev–Trinajstić information content (AvgIpc) is 2.27. The van der Waals surface area contributed by atoms with E-state index in [9.17, 15) is 14.9 Å². The lowest BCUT2D eigenvalue weighted by Gasteiger charge is -2.12. The van der Waals surface area contributed by atoms with Crippen molar-refractivity contribution in [2.75, 3.05) is 0 Å². The minimum Gasteiger partial charge on any atom is -0.255 e. The molecular formula is C13H17NO3. The highest BCUT2D eigenvalue weighted by atomic mass is 16.6. The Kier molecular flexibility index (Phi) is 3.99. The van der Waals surface area contributed by atoms with Crippen molar-refractivity contribution in [1.29, 1.82) is 0 Å². The van der Waals surface area contributed by atoms with Crippen molar-refractivity contribution < 1.29 is 9.72 Å². The number of amides is 1. The largest absolute Gasteiger partial charge is 0.476 e. The van der Waals surface area contributed by atoms with Crippen LogP contribution in [0.2, 0.25) is 0 Å². The van der Waals surface area contributed by atoms with Crippen molar-refractivity contribution in [3.8, 4) is 0 Å². The number of carbonyl (C=O) groups excluding carboxylic acids is 1. The van der Waals surface area contributed by atoms with Gasteiger partial charge >= 0.3 is 5.91 Å². The highest BCUT2D eigenvalue weighted by Gasteiger charge is 2.20. The molecule has 1 amide bonds. The summed E-state index contributed by atoms with van der Waals surface area (Å²) >= 11 is 0. The maximum atomic E-state index is 11.4. The zero-order valence-electron chi connectivity index (χ0n) is 10.6. The molecule has 0 heterocycles. The molecule has 1 aromatic rings. The monoisotopic (exact) mass is 235 g/mol. The second kappa shape index (κ2) is 5.08. The molecule has 0 radical (unpaired) electrons. The minimum atomic E-state index is -1.03. The highest BCUT2D eigenvalue weighted by Crippen LogP contribution is 2.23. The van der Waals surface area contributed by atoms with Crippen LogP contribution in [-0.4, -0.2) is 10.8 Å². The maximum Gasteiger partial charge on any atom is 0.476 e. The van der Waals surface area contributed by atoms with Gasteiger partial charge in [0.15, 0.2) is 0 Å². The molecule has 1 aromatic carbocycles. The van der Waals surface area contributed by atoms with E-state index in [1.165, 1.54) is 0 Å². The van der Waals surface area contributed by atoms with Gasteiger partial charge in [0.25, 0.3) is 0 Å². The Labute approximate surface area is 101 Å². The first kappa shape index (κ1) is 13.4. The van der Waals surface area contributed by atoms with Crippen molar-refractivity contribution in [3.05, 3.63) is 45.0 Å². The van der Waals surface area contributed by atoms with E-state index in [1.807, 2.05) is 33.8 Å². The smallest absolute Gasteiger partial charge is 0.255 e. The van der Waals surface area contributed by atoms with Crippen LogP contribution in [-0.2, 0) is 0 Å². The van der Waals surface area contributed by atoms with Gasteiger partial charge in [0.1, 0.15) is 4.92 Å². The Morgan fingerprint density at radius 3 is 1.76 bits per heavy atom. The fourth-order valence-electron chi connectivity index (χ4n) is 1.57. The first-order valence-corrected chi connectivity index (χ1v) is 5.66. The molecule has 4 heteroatoms. The Morgan fingerprint density at radius 2 is 1.47 bits per heavy atom. The predicted octanol–water partition coefficient (Wildman–Crippen LogP) is 3.35. The Morgan fingerprint density at radius 1 is 1.06 bits per heavy atom. The Bertz CT molecular complexity index is 424. The van der Waals surface area contributed by atoms with Crippen molar-refractivity contribution in [1.82, 2.24) is 0 Å². The molecule has 0 aromatic heterocycles. The molecule has 0 spiro atoms. The zero-order valence-corrected chi connectivity index (χ0v) is 10.6. The average molecular weight is 235 g/mol. The molecular weight excluding hydrogens is 218 g/mol. The lowest BCUT2D eigenvalue weighted by atomic mass is 9.93. The summed E-state index contributed by atoms with van der Waals surface area (Å²) in [5.41, 5.74) is 2.09. The van der Waals surface area contributed by atoms with E-state index in [2.05, 4.69) is 0 Å². The summed E-state index contributed by atoms with van der Waals surface area (Å²) in [6, 6.07) is 5.23. The van der Waals surface area contributed by atoms with Crippen LogP contribution in [0.3, 0.4) is 0 Å². The molecule has 1 rings (SSSR count). The predicted molar refractivity (Wildman–Crippen MR) is 65.9 cm³/mol. The van der Waals surface area contributed by atoms with Crippen LogP contribution < -0.4 is 0 Å². The van der Waals surface area contributed by atoms with Gasteiger partial charge in [0.2, 0.25) is 0 Å². The standard InChI is InChI=1S/C13H17NO3/c1-8(2)10-5-11(9(3)4)7-12(6-10)13(15)14(16)17/h5-9H,1-4H3. The molecule has 0 unspecified atom stereocenters. The summed E-state index contributed by atoms with van der Waals surface area (Å²) in [7, 11) is 0. The van der Waals surface area contributed by atoms with E-state index in [0.29, 0.717) is 0 Å². The summed E-state index contributed by atoms with van der Waals surface area (Å²) in [5.74, 6) is -0.548. The molecule has 0 aliphatic rings. The third-order valence-corrected chi connectivity index (χ3v) is 2.72. The molecule has 0 fully saturated rings. The molecule has 0 saturated carbocycles. The van der Waals surface area contributed by atoms with Crippen molar-refractivity contribution in [2.45, 2.75) is 39.5 Å². The molecule has 17 heavy (non-hydrogen) atoms. The van der Waals surface area contributed by atoms with E-state index in [0.717, 1.165) is 11.1 Å². The quantitative estimate of drug-likeness (QED) is 0.596. The number of carbonyl (C=O) groups is 1. The summed E-state index contributed by atoms with van der Waals surface area (Å²) in [5, 5.41) is 10.5. The number of nitrogens with zero attached hydrogens (tertiary/aromatic N) is 1. The topological polar surface area (TPSA) is 60.2 Å². The lowest BCUT2D eigenvalue weighted by Crippen LogP contribution is -2.12. The molecule has 4 nitrogen and oxygen atoms in total. The van der Waals surface area contributed by atoms with E-state index in [4.69, 9.17) is 0 Å². The van der Waals surface area contributed by atoms with Crippen LogP contribution in [0.1, 0.15) is 61.0 Å². The van der Waals surface area contributed by atoms with Gasteiger partial charge in [0, 0.05) is 0 Å². The summed E-state index contributed by atoms with van der Waals surface area (Å²) in [4.78, 5) is 21.0. The molecule has 0 N–H and O–H groups in total. The van der Waals surface area contributed by atoms with Crippen LogP contribution in [0.15, 0.2) is 18.2 Å². The van der Waals surface area contributed by atoms with Crippen LogP contribution in [0.25, 0.3) is 0 Å². The normalized spacial score (nSPS) is 10.9. The van der Waals surface area contributed by atoms with Gasteiger partial charge in [-0.1, -0.05) is 33.8 Å². The van der Waals surface area contributed by atoms with Crippen molar-refractivity contribution >= 4 is 5.91 Å². The Balaban J connectivity index is 3.31. The first-order valence-electron chi connectivity index (χ1n) is 5.66. The van der Waals surface area contributed by atoms with Gasteiger partial charge in [0.05, 0.1) is 5.56 Å². The number of nitro groups is 1. The van der Waals surface area contributed by atoms with Gasteiger partial charge in [-0.3, -0.25) is 10.1 Å². The molecule has 0 aliphatic heterocycles. The van der Waals surface area contributed by atoms with Gasteiger partial charge < -0.3 is 0 Å². The molecule has 0 aliphatic carbocycles. The lowest BCUT2D eigenvalue weighted by molar-refractivity contribution is -0.375. The summed E-state index contributed by atoms with van der Waals surface area (Å²) in [6.07, 6.45) is 0. The molecule has 0 saturated heterocycles. The summed E-state index contributed by atoms with van der Waals surface area (Å²) in [6.45, 7) is 8.00. The number of rotatable bonds is 3. The second-order valence-corrected chi connectivity index (χ2v) is 4.76. The molecule has 0 bridgehead atoms. The van der Waals surface area contributed by atoms with Gasteiger partial charge in [-0.2, -0.15) is 0 Å². The highest BCUT2D eigenvalue weighted by molar-refractivity contribution is 5.88. The van der Waals surface area contributed by atoms with Gasteiger partial charge in [-0.15, -0.1) is 0 Å². The fraction of sp³-hybridized carbons (Fsp3) is 0.462. The van der Waals surface area contributed by atoms with Crippen molar-refractivity contribution in [2.24, 2.45) is 0 Å². The second-order valence-electron chi connectivity index (χ2n) is 4.76. The third-order valence-electron chi connectivity index (χ3n) is 2.72. The number of benzene rings is 1.